The van der Waals surface area contributed by atoms with Gasteiger partial charge in [0.25, 0.3) is 5.92 Å². The second-order valence-corrected chi connectivity index (χ2v) is 7.82. The number of carbonyl (C=O) groups excluding carboxylic acids is 1. The Morgan fingerprint density at radius 1 is 1.44 bits per heavy atom. The molecule has 2 N–H and O–H groups in total. The van der Waals surface area contributed by atoms with Gasteiger partial charge in [-0.2, -0.15) is 0 Å². The molecule has 3 heterocycles. The molecule has 0 aromatic carbocycles. The first-order chi connectivity index (χ1) is 12.8. The Morgan fingerprint density at radius 3 is 2.85 bits per heavy atom. The van der Waals surface area contributed by atoms with Crippen LogP contribution in [0.1, 0.15) is 38.7 Å². The van der Waals surface area contributed by atoms with Crippen molar-refractivity contribution in [3.63, 3.8) is 0 Å². The van der Waals surface area contributed by atoms with Gasteiger partial charge >= 0.3 is 0 Å². The van der Waals surface area contributed by atoms with Crippen LogP contribution >= 0.6 is 0 Å². The van der Waals surface area contributed by atoms with Crippen molar-refractivity contribution in [1.29, 1.82) is 0 Å². The first-order valence-electron chi connectivity index (χ1n) is 9.17. The standard InChI is InChI=1S/C19H23F2N5O/c1-4-14(27)26-8-12(6-5-11(26)2)25-17-15-13(18(3)9-19(18,20)21)7-22-16(15)23-10-24-17/h4,7,10-12H,1,5-6,8-9H2,2-3H3,(H2,22,23,24,25)/t11-,12+,18?/m0/s1. The van der Waals surface area contributed by atoms with E-state index in [-0.39, 0.29) is 24.4 Å². The molecule has 1 aliphatic carbocycles. The van der Waals surface area contributed by atoms with Crippen LogP contribution in [0.4, 0.5) is 14.6 Å². The van der Waals surface area contributed by atoms with Crippen LogP contribution in [0, 0.1) is 0 Å². The van der Waals surface area contributed by atoms with Crippen LogP contribution in [0.15, 0.2) is 25.2 Å². The zero-order valence-electron chi connectivity index (χ0n) is 15.4. The predicted molar refractivity (Wildman–Crippen MR) is 98.8 cm³/mol. The molecule has 8 heteroatoms. The van der Waals surface area contributed by atoms with Crippen LogP contribution in [0.5, 0.6) is 0 Å². The van der Waals surface area contributed by atoms with E-state index in [1.54, 1.807) is 18.0 Å². The molecule has 1 aliphatic heterocycles. The van der Waals surface area contributed by atoms with Crippen molar-refractivity contribution in [2.75, 3.05) is 11.9 Å². The number of anilines is 1. The van der Waals surface area contributed by atoms with Gasteiger partial charge in [0, 0.05) is 31.2 Å². The van der Waals surface area contributed by atoms with Crippen LogP contribution in [0.3, 0.4) is 0 Å². The first-order valence-corrected chi connectivity index (χ1v) is 9.17. The summed E-state index contributed by atoms with van der Waals surface area (Å²) in [6, 6.07) is 0.129. The molecule has 2 fully saturated rings. The fourth-order valence-corrected chi connectivity index (χ4v) is 4.04. The third-order valence-electron chi connectivity index (χ3n) is 6.00. The quantitative estimate of drug-likeness (QED) is 0.805. The van der Waals surface area contributed by atoms with Gasteiger partial charge in [-0.1, -0.05) is 6.58 Å². The van der Waals surface area contributed by atoms with E-state index in [9.17, 15) is 13.6 Å². The van der Waals surface area contributed by atoms with Crippen LogP contribution in [0.2, 0.25) is 0 Å². The molecule has 0 spiro atoms. The topological polar surface area (TPSA) is 73.9 Å². The Hall–Kier alpha value is -2.51. The normalized spacial score (nSPS) is 29.6. The van der Waals surface area contributed by atoms with Crippen molar-refractivity contribution in [2.45, 2.75) is 56.5 Å². The number of amides is 1. The number of halogens is 2. The molecule has 0 radical (unpaired) electrons. The number of carbonyl (C=O) groups is 1. The summed E-state index contributed by atoms with van der Waals surface area (Å²) in [5, 5.41) is 3.97. The highest BCUT2D eigenvalue weighted by Crippen LogP contribution is 2.62. The van der Waals surface area contributed by atoms with E-state index in [1.807, 2.05) is 6.92 Å². The summed E-state index contributed by atoms with van der Waals surface area (Å²) in [5.74, 6) is -2.29. The van der Waals surface area contributed by atoms with E-state index >= 15 is 0 Å². The minimum atomic E-state index is -2.72. The minimum absolute atomic E-state index is 0.0153. The van der Waals surface area contributed by atoms with Crippen LogP contribution in [0.25, 0.3) is 11.0 Å². The summed E-state index contributed by atoms with van der Waals surface area (Å²) in [6.45, 7) is 7.67. The molecule has 144 valence electrons. The molecular weight excluding hydrogens is 352 g/mol. The maximum Gasteiger partial charge on any atom is 0.258 e. The number of piperidine rings is 1. The Morgan fingerprint density at radius 2 is 2.19 bits per heavy atom. The highest BCUT2D eigenvalue weighted by molar-refractivity contribution is 5.92. The SMILES string of the molecule is C=CC(=O)N1C[C@H](Nc2ncnc3[nH]cc(C4(C)CC4(F)F)c23)CC[C@@H]1C. The molecule has 1 unspecified atom stereocenters. The molecule has 1 saturated carbocycles. The van der Waals surface area contributed by atoms with Crippen molar-refractivity contribution >= 4 is 22.8 Å². The van der Waals surface area contributed by atoms with Crippen molar-refractivity contribution < 1.29 is 13.6 Å². The number of likely N-dealkylation sites (tertiary alicyclic amines) is 1. The fraction of sp³-hybridized carbons (Fsp3) is 0.526. The minimum Gasteiger partial charge on any atom is -0.365 e. The smallest absolute Gasteiger partial charge is 0.258 e. The number of rotatable bonds is 4. The molecule has 1 saturated heterocycles. The largest absolute Gasteiger partial charge is 0.365 e. The van der Waals surface area contributed by atoms with Gasteiger partial charge < -0.3 is 15.2 Å². The zero-order valence-corrected chi connectivity index (χ0v) is 15.4. The van der Waals surface area contributed by atoms with Crippen LogP contribution in [-0.2, 0) is 10.2 Å². The van der Waals surface area contributed by atoms with Gasteiger partial charge in [0.1, 0.15) is 17.8 Å². The van der Waals surface area contributed by atoms with E-state index in [0.717, 1.165) is 12.8 Å². The van der Waals surface area contributed by atoms with Crippen LogP contribution < -0.4 is 5.32 Å². The predicted octanol–water partition coefficient (Wildman–Crippen LogP) is 3.23. The maximum atomic E-state index is 14.0. The highest BCUT2D eigenvalue weighted by Gasteiger charge is 2.69. The van der Waals surface area contributed by atoms with Crippen molar-refractivity contribution in [1.82, 2.24) is 19.9 Å². The lowest BCUT2D eigenvalue weighted by atomic mass is 9.96. The Kier molecular flexibility index (Phi) is 3.98. The second-order valence-electron chi connectivity index (χ2n) is 7.82. The lowest BCUT2D eigenvalue weighted by Gasteiger charge is -2.38. The van der Waals surface area contributed by atoms with E-state index in [0.29, 0.717) is 29.0 Å². The van der Waals surface area contributed by atoms with Crippen molar-refractivity contribution in [3.8, 4) is 0 Å². The molecule has 0 bridgehead atoms. The summed E-state index contributed by atoms with van der Waals surface area (Å²) >= 11 is 0. The van der Waals surface area contributed by atoms with Gasteiger partial charge in [0.05, 0.1) is 10.8 Å². The van der Waals surface area contributed by atoms with Gasteiger partial charge in [0.15, 0.2) is 0 Å². The van der Waals surface area contributed by atoms with Crippen LogP contribution in [-0.4, -0.2) is 50.3 Å². The number of alkyl halides is 2. The molecular formula is C19H23F2N5O. The van der Waals surface area contributed by atoms with E-state index in [4.69, 9.17) is 0 Å². The lowest BCUT2D eigenvalue weighted by molar-refractivity contribution is -0.129. The van der Waals surface area contributed by atoms with Gasteiger partial charge in [-0.05, 0) is 38.3 Å². The Balaban J connectivity index is 1.64. The summed E-state index contributed by atoms with van der Waals surface area (Å²) in [6.07, 6.45) is 5.88. The number of hydrogen-bond donors (Lipinski definition) is 2. The number of nitrogens with one attached hydrogen (secondary N) is 2. The molecule has 4 rings (SSSR count). The summed E-state index contributed by atoms with van der Waals surface area (Å²) < 4.78 is 27.9. The molecule has 1 amide bonds. The lowest BCUT2D eigenvalue weighted by Crippen LogP contribution is -2.49. The second kappa shape index (κ2) is 6.00. The number of nitrogens with zero attached hydrogens (tertiary/aromatic N) is 3. The number of fused-ring (bicyclic) bond motifs is 1. The Labute approximate surface area is 156 Å². The highest BCUT2D eigenvalue weighted by atomic mass is 19.3. The molecule has 2 aromatic heterocycles. The van der Waals surface area contributed by atoms with E-state index in [2.05, 4.69) is 26.8 Å². The van der Waals surface area contributed by atoms with Gasteiger partial charge in [-0.3, -0.25) is 4.79 Å². The van der Waals surface area contributed by atoms with Crippen molar-refractivity contribution in [2.24, 2.45) is 0 Å². The van der Waals surface area contributed by atoms with E-state index < -0.39 is 11.3 Å². The number of aromatic nitrogens is 3. The number of hydrogen-bond acceptors (Lipinski definition) is 4. The third kappa shape index (κ3) is 2.78. The van der Waals surface area contributed by atoms with Crippen molar-refractivity contribution in [3.05, 3.63) is 30.7 Å². The monoisotopic (exact) mass is 375 g/mol. The Bertz CT molecular complexity index is 911. The average Bonchev–Trinajstić information content (AvgIpc) is 2.97. The van der Waals surface area contributed by atoms with Gasteiger partial charge in [-0.25, -0.2) is 18.7 Å². The van der Waals surface area contributed by atoms with Gasteiger partial charge in [0.2, 0.25) is 5.91 Å². The maximum absolute atomic E-state index is 14.0. The summed E-state index contributed by atoms with van der Waals surface area (Å²) in [4.78, 5) is 25.4. The first kappa shape index (κ1) is 17.9. The average molecular weight is 375 g/mol. The molecule has 3 atom stereocenters. The van der Waals surface area contributed by atoms with E-state index in [1.165, 1.54) is 12.4 Å². The molecule has 2 aliphatic rings. The molecule has 27 heavy (non-hydrogen) atoms. The molecule has 2 aromatic rings. The number of aromatic amines is 1. The molecule has 6 nitrogen and oxygen atoms in total. The summed E-state index contributed by atoms with van der Waals surface area (Å²) in [5.41, 5.74) is -0.123. The fourth-order valence-electron chi connectivity index (χ4n) is 4.04. The summed E-state index contributed by atoms with van der Waals surface area (Å²) in [7, 11) is 0. The van der Waals surface area contributed by atoms with Gasteiger partial charge in [-0.15, -0.1) is 0 Å². The zero-order chi connectivity index (χ0) is 19.4. The number of H-pyrrole nitrogens is 1. The third-order valence-corrected chi connectivity index (χ3v) is 6.00.